The highest BCUT2D eigenvalue weighted by atomic mass is 16.5. The monoisotopic (exact) mass is 291 g/mol. The third-order valence-corrected chi connectivity index (χ3v) is 2.97. The van der Waals surface area contributed by atoms with Crippen LogP contribution in [0.25, 0.3) is 0 Å². The fourth-order valence-electron chi connectivity index (χ4n) is 1.96. The number of nitrogens with zero attached hydrogens (tertiary/aromatic N) is 2. The quantitative estimate of drug-likeness (QED) is 0.805. The van der Waals surface area contributed by atoms with Gasteiger partial charge in [-0.25, -0.2) is 0 Å². The van der Waals surface area contributed by atoms with E-state index in [2.05, 4.69) is 22.4 Å². The van der Waals surface area contributed by atoms with Crippen molar-refractivity contribution in [2.24, 2.45) is 0 Å². The Balaban J connectivity index is 2.04. The molecule has 1 heterocycles. The number of aromatic nitrogens is 2. The highest BCUT2D eigenvalue weighted by Gasteiger charge is 2.09. The molecule has 0 spiro atoms. The molecular formula is C15H21N3O3. The second kappa shape index (κ2) is 7.64. The Hall–Kier alpha value is -2.08. The highest BCUT2D eigenvalue weighted by Crippen LogP contribution is 2.24. The van der Waals surface area contributed by atoms with E-state index in [-0.39, 0.29) is 6.61 Å². The first-order valence-corrected chi connectivity index (χ1v) is 7.02. The maximum Gasteiger partial charge on any atom is 0.226 e. The lowest BCUT2D eigenvalue weighted by Gasteiger charge is -2.11. The molecule has 0 saturated heterocycles. The van der Waals surface area contributed by atoms with Gasteiger partial charge in [-0.3, -0.25) is 0 Å². The summed E-state index contributed by atoms with van der Waals surface area (Å²) in [6.45, 7) is 3.05. The predicted octanol–water partition coefficient (Wildman–Crippen LogP) is 2.33. The van der Waals surface area contributed by atoms with Gasteiger partial charge in [-0.05, 0) is 31.7 Å². The zero-order valence-corrected chi connectivity index (χ0v) is 12.7. The predicted molar refractivity (Wildman–Crippen MR) is 78.4 cm³/mol. The van der Waals surface area contributed by atoms with Gasteiger partial charge in [-0.15, -0.1) is 0 Å². The molecule has 1 aromatic heterocycles. The van der Waals surface area contributed by atoms with Gasteiger partial charge < -0.3 is 19.3 Å². The van der Waals surface area contributed by atoms with E-state index in [1.165, 1.54) is 0 Å². The summed E-state index contributed by atoms with van der Waals surface area (Å²) < 4.78 is 16.1. The van der Waals surface area contributed by atoms with Crippen LogP contribution >= 0.6 is 0 Å². The number of methoxy groups -OCH3 is 1. The van der Waals surface area contributed by atoms with E-state index in [0.29, 0.717) is 18.3 Å². The van der Waals surface area contributed by atoms with Crippen molar-refractivity contribution in [3.63, 3.8) is 0 Å². The summed E-state index contributed by atoms with van der Waals surface area (Å²) in [6, 6.07) is 5.70. The van der Waals surface area contributed by atoms with Gasteiger partial charge >= 0.3 is 0 Å². The molecule has 0 aliphatic carbocycles. The topological polar surface area (TPSA) is 69.4 Å². The van der Waals surface area contributed by atoms with Crippen LogP contribution in [0.15, 0.2) is 22.7 Å². The molecule has 1 aromatic carbocycles. The summed E-state index contributed by atoms with van der Waals surface area (Å²) in [6.07, 6.45) is 1.77. The Bertz CT molecular complexity index is 569. The van der Waals surface area contributed by atoms with Crippen molar-refractivity contribution in [1.82, 2.24) is 15.5 Å². The van der Waals surface area contributed by atoms with Crippen molar-refractivity contribution >= 4 is 0 Å². The summed E-state index contributed by atoms with van der Waals surface area (Å²) >= 11 is 0. The second-order valence-electron chi connectivity index (χ2n) is 4.65. The Kier molecular flexibility index (Phi) is 5.57. The van der Waals surface area contributed by atoms with Gasteiger partial charge in [0.2, 0.25) is 11.7 Å². The minimum atomic E-state index is 0.288. The molecule has 114 valence electrons. The molecule has 1 N–H and O–H groups in total. The molecule has 21 heavy (non-hydrogen) atoms. The van der Waals surface area contributed by atoms with Crippen LogP contribution in [0.3, 0.4) is 0 Å². The fraction of sp³-hybridized carbons (Fsp3) is 0.467. The number of rotatable bonds is 8. The molecular weight excluding hydrogens is 270 g/mol. The summed E-state index contributed by atoms with van der Waals surface area (Å²) in [4.78, 5) is 4.28. The summed E-state index contributed by atoms with van der Waals surface area (Å²) in [7, 11) is 3.53. The molecule has 6 nitrogen and oxygen atoms in total. The third kappa shape index (κ3) is 4.19. The van der Waals surface area contributed by atoms with Crippen molar-refractivity contribution in [1.29, 1.82) is 0 Å². The van der Waals surface area contributed by atoms with Gasteiger partial charge in [0.25, 0.3) is 0 Å². The van der Waals surface area contributed by atoms with Crippen LogP contribution in [0, 0.1) is 0 Å². The largest absolute Gasteiger partial charge is 0.497 e. The van der Waals surface area contributed by atoms with E-state index in [9.17, 15) is 0 Å². The van der Waals surface area contributed by atoms with Crippen LogP contribution in [0.5, 0.6) is 11.5 Å². The lowest BCUT2D eigenvalue weighted by molar-refractivity contribution is 0.281. The maximum atomic E-state index is 5.79. The van der Waals surface area contributed by atoms with Crippen molar-refractivity contribution < 1.29 is 14.0 Å². The summed E-state index contributed by atoms with van der Waals surface area (Å²) in [5, 5.41) is 7.02. The van der Waals surface area contributed by atoms with Crippen LogP contribution in [0.4, 0.5) is 0 Å². The van der Waals surface area contributed by atoms with Crippen LogP contribution < -0.4 is 14.8 Å². The van der Waals surface area contributed by atoms with Crippen molar-refractivity contribution in [2.45, 2.75) is 32.9 Å². The van der Waals surface area contributed by atoms with Crippen molar-refractivity contribution in [3.05, 3.63) is 35.5 Å². The minimum absolute atomic E-state index is 0.288. The number of aryl methyl sites for hydroxylation is 1. The molecule has 2 aromatic rings. The van der Waals surface area contributed by atoms with Gasteiger partial charge in [0.05, 0.1) is 7.11 Å². The number of hydrogen-bond acceptors (Lipinski definition) is 6. The molecule has 0 fully saturated rings. The average Bonchev–Trinajstić information content (AvgIpc) is 2.94. The van der Waals surface area contributed by atoms with Gasteiger partial charge in [0.15, 0.2) is 6.61 Å². The van der Waals surface area contributed by atoms with E-state index < -0.39 is 0 Å². The Morgan fingerprint density at radius 1 is 1.33 bits per heavy atom. The highest BCUT2D eigenvalue weighted by molar-refractivity contribution is 5.40. The zero-order valence-electron chi connectivity index (χ0n) is 12.7. The van der Waals surface area contributed by atoms with Crippen LogP contribution in [0.2, 0.25) is 0 Å². The van der Waals surface area contributed by atoms with Gasteiger partial charge in [-0.2, -0.15) is 4.98 Å². The molecule has 0 atom stereocenters. The van der Waals surface area contributed by atoms with E-state index in [0.717, 1.165) is 29.9 Å². The summed E-state index contributed by atoms with van der Waals surface area (Å²) in [5.74, 6) is 2.80. The van der Waals surface area contributed by atoms with Gasteiger partial charge in [-0.1, -0.05) is 12.1 Å². The van der Waals surface area contributed by atoms with E-state index in [1.54, 1.807) is 7.11 Å². The molecule has 0 aliphatic rings. The third-order valence-electron chi connectivity index (χ3n) is 2.97. The Labute approximate surface area is 124 Å². The Morgan fingerprint density at radius 2 is 2.19 bits per heavy atom. The maximum absolute atomic E-state index is 5.79. The lowest BCUT2D eigenvalue weighted by atomic mass is 10.2. The normalized spacial score (nSPS) is 10.6. The number of benzene rings is 1. The molecule has 0 bridgehead atoms. The first kappa shape index (κ1) is 15.3. The van der Waals surface area contributed by atoms with E-state index in [4.69, 9.17) is 14.0 Å². The van der Waals surface area contributed by atoms with Crippen molar-refractivity contribution in [3.8, 4) is 11.5 Å². The summed E-state index contributed by atoms with van der Waals surface area (Å²) in [5.41, 5.74) is 1.02. The minimum Gasteiger partial charge on any atom is -0.497 e. The fourth-order valence-corrected chi connectivity index (χ4v) is 1.96. The first-order chi connectivity index (χ1) is 10.3. The van der Waals surface area contributed by atoms with Crippen LogP contribution in [0.1, 0.15) is 30.6 Å². The standard InChI is InChI=1S/C15H21N3O3/c1-4-5-15-17-14(18-21-15)10-20-13-7-6-12(19-3)8-11(13)9-16-2/h6-8,16H,4-5,9-10H2,1-3H3. The second-order valence-corrected chi connectivity index (χ2v) is 4.65. The van der Waals surface area contributed by atoms with Crippen LogP contribution in [-0.4, -0.2) is 24.3 Å². The number of nitrogens with one attached hydrogen (secondary N) is 1. The lowest BCUT2D eigenvalue weighted by Crippen LogP contribution is -2.08. The molecule has 0 saturated carbocycles. The average molecular weight is 291 g/mol. The molecule has 0 amide bonds. The molecule has 0 unspecified atom stereocenters. The van der Waals surface area contributed by atoms with Crippen LogP contribution in [-0.2, 0) is 19.6 Å². The molecule has 0 aliphatic heterocycles. The SMILES string of the molecule is CCCc1nc(COc2ccc(OC)cc2CNC)no1. The molecule has 2 rings (SSSR count). The first-order valence-electron chi connectivity index (χ1n) is 7.02. The van der Waals surface area contributed by atoms with E-state index in [1.807, 2.05) is 25.2 Å². The van der Waals surface area contributed by atoms with Crippen molar-refractivity contribution in [2.75, 3.05) is 14.2 Å². The number of hydrogen-bond donors (Lipinski definition) is 1. The van der Waals surface area contributed by atoms with Gasteiger partial charge in [0.1, 0.15) is 11.5 Å². The van der Waals surface area contributed by atoms with Gasteiger partial charge in [0, 0.05) is 18.5 Å². The Morgan fingerprint density at radius 3 is 2.90 bits per heavy atom. The van der Waals surface area contributed by atoms with E-state index >= 15 is 0 Å². The molecule has 0 radical (unpaired) electrons. The molecule has 6 heteroatoms. The smallest absolute Gasteiger partial charge is 0.226 e. The number of ether oxygens (including phenoxy) is 2. The zero-order chi connectivity index (χ0) is 15.1.